The van der Waals surface area contributed by atoms with Crippen molar-refractivity contribution in [3.8, 4) is 0 Å². The number of amides is 2. The maximum absolute atomic E-state index is 13.4. The minimum atomic E-state index is -3.07. The second kappa shape index (κ2) is 40.9. The molecule has 14 N–H and O–H groups in total. The van der Waals surface area contributed by atoms with E-state index in [1.807, 2.05) is 0 Å². The molecule has 0 saturated carbocycles. The first kappa shape index (κ1) is 73.0. The average Bonchev–Trinajstić information content (AvgIpc) is 3.44. The summed E-state index contributed by atoms with van der Waals surface area (Å²) in [4.78, 5) is 38.4. The second-order valence-corrected chi connectivity index (χ2v) is 22.9. The van der Waals surface area contributed by atoms with E-state index in [0.29, 0.717) is 19.3 Å². The second-order valence-electron chi connectivity index (χ2n) is 22.9. The Balaban J connectivity index is 1.66. The van der Waals surface area contributed by atoms with Crippen molar-refractivity contribution in [1.82, 2.24) is 10.6 Å². The summed E-state index contributed by atoms with van der Waals surface area (Å²) in [6, 6.07) is -2.52. The van der Waals surface area contributed by atoms with E-state index in [-0.39, 0.29) is 18.9 Å². The monoisotopic (exact) mass is 1170 g/mol. The number of aliphatic carboxylic acids is 1. The van der Waals surface area contributed by atoms with Crippen LogP contribution in [0.1, 0.15) is 213 Å². The minimum absolute atomic E-state index is 0.228. The van der Waals surface area contributed by atoms with Crippen molar-refractivity contribution in [2.75, 3.05) is 26.4 Å². The van der Waals surface area contributed by atoms with E-state index < -0.39 is 148 Å². The lowest BCUT2D eigenvalue weighted by Crippen LogP contribution is -2.70. The van der Waals surface area contributed by atoms with Gasteiger partial charge >= 0.3 is 5.97 Å². The first-order chi connectivity index (χ1) is 38.9. The molecular formula is C58H108N2O21. The molecule has 0 aromatic carbocycles. The normalized spacial score (nSPS) is 30.4. The lowest BCUT2D eigenvalue weighted by molar-refractivity contribution is -0.386. The number of aliphatic hydroxyl groups excluding tert-OH is 11. The Bertz CT molecular complexity index is 1670. The fraction of sp³-hybridized carbons (Fsp3) is 0.948. The Labute approximate surface area is 480 Å². The van der Waals surface area contributed by atoms with Crippen LogP contribution >= 0.6 is 0 Å². The van der Waals surface area contributed by atoms with Crippen molar-refractivity contribution in [3.63, 3.8) is 0 Å². The molecule has 3 fully saturated rings. The Morgan fingerprint density at radius 3 is 1.54 bits per heavy atom. The molecule has 0 spiro atoms. The van der Waals surface area contributed by atoms with Crippen LogP contribution < -0.4 is 10.6 Å². The maximum Gasteiger partial charge on any atom is 0.364 e. The van der Waals surface area contributed by atoms with Crippen LogP contribution in [0.25, 0.3) is 0 Å². The summed E-state index contributed by atoms with van der Waals surface area (Å²) in [7, 11) is 0. The molecule has 3 saturated heterocycles. The van der Waals surface area contributed by atoms with Crippen molar-refractivity contribution < 1.29 is 104 Å². The van der Waals surface area contributed by atoms with Crippen LogP contribution in [-0.2, 0) is 42.8 Å². The minimum Gasteiger partial charge on any atom is -0.477 e. The van der Waals surface area contributed by atoms with Gasteiger partial charge in [0.25, 0.3) is 5.79 Å². The zero-order valence-electron chi connectivity index (χ0n) is 48.9. The van der Waals surface area contributed by atoms with Gasteiger partial charge in [0, 0.05) is 19.8 Å². The highest BCUT2D eigenvalue weighted by molar-refractivity contribution is 5.77. The molecule has 23 nitrogen and oxygen atoms in total. The van der Waals surface area contributed by atoms with Crippen LogP contribution in [0.15, 0.2) is 0 Å². The van der Waals surface area contributed by atoms with Crippen LogP contribution in [0.2, 0.25) is 0 Å². The predicted molar refractivity (Wildman–Crippen MR) is 297 cm³/mol. The molecule has 0 aliphatic carbocycles. The molecule has 3 aliphatic rings. The van der Waals surface area contributed by atoms with Gasteiger partial charge in [-0.2, -0.15) is 0 Å². The number of hydrogen-bond donors (Lipinski definition) is 14. The van der Waals surface area contributed by atoms with E-state index in [1.54, 1.807) is 0 Å². The highest BCUT2D eigenvalue weighted by atomic mass is 16.8. The SMILES string of the molecule is CCCCCCCCCCCCCCCCC(=O)NC(COC1OC(CO)C(OC2OC(CO)C(O)C(OC3(C(=O)O)CC(O)C(NC(C)=O)C(C(O)C(O)CO)O3)C2O)C(O)C1O)C(O)CCCCCCCCCCCCCCC. The molecule has 18 atom stereocenters. The van der Waals surface area contributed by atoms with Crippen LogP contribution in [-0.4, -0.2) is 215 Å². The predicted octanol–water partition coefficient (Wildman–Crippen LogP) is 3.00. The van der Waals surface area contributed by atoms with Crippen molar-refractivity contribution >= 4 is 17.8 Å². The Hall–Kier alpha value is -2.27. The van der Waals surface area contributed by atoms with Crippen molar-refractivity contribution in [3.05, 3.63) is 0 Å². The Morgan fingerprint density at radius 1 is 0.593 bits per heavy atom. The first-order valence-electron chi connectivity index (χ1n) is 30.9. The average molecular weight is 1170 g/mol. The largest absolute Gasteiger partial charge is 0.477 e. The van der Waals surface area contributed by atoms with Crippen molar-refractivity contribution in [2.45, 2.75) is 323 Å². The number of ether oxygens (including phenoxy) is 6. The molecule has 0 aromatic rings. The number of carboxylic acids is 1. The van der Waals surface area contributed by atoms with Crippen molar-refractivity contribution in [2.24, 2.45) is 0 Å². The van der Waals surface area contributed by atoms with E-state index in [1.165, 1.54) is 109 Å². The zero-order valence-corrected chi connectivity index (χ0v) is 48.9. The van der Waals surface area contributed by atoms with Crippen molar-refractivity contribution in [1.29, 1.82) is 0 Å². The highest BCUT2D eigenvalue weighted by Crippen LogP contribution is 2.38. The summed E-state index contributed by atoms with van der Waals surface area (Å²) in [5.41, 5.74) is 0. The lowest BCUT2D eigenvalue weighted by Gasteiger charge is -2.50. The number of unbranched alkanes of at least 4 members (excludes halogenated alkanes) is 25. The molecule has 81 heavy (non-hydrogen) atoms. The summed E-state index contributed by atoms with van der Waals surface area (Å²) in [6.45, 7) is 2.17. The molecule has 2 amide bonds. The standard InChI is InChI=1S/C58H108N2O21/c1-4-6-8-10-12-14-16-18-20-22-24-26-28-30-32-45(68)60-39(40(65)31-29-27-25-23-21-19-17-15-13-11-9-7-5-2)37-76-55-50(72)49(71)52(44(36-63)78-55)79-56-51(73)54(48(70)43(35-62)77-56)81-58(57(74)75)33-41(66)46(59-38(3)64)53(80-58)47(69)42(67)34-61/h39-44,46-56,61-63,65-67,69-73H,4-37H2,1-3H3,(H,59,64)(H,60,68)(H,74,75). The number of carbonyl (C=O) groups is 3. The van der Waals surface area contributed by atoms with Crippen LogP contribution in [0.4, 0.5) is 0 Å². The van der Waals surface area contributed by atoms with Crippen LogP contribution in [0.3, 0.4) is 0 Å². The van der Waals surface area contributed by atoms with Gasteiger partial charge in [0.15, 0.2) is 12.6 Å². The molecule has 0 bridgehead atoms. The van der Waals surface area contributed by atoms with Gasteiger partial charge in [0.2, 0.25) is 11.8 Å². The van der Waals surface area contributed by atoms with E-state index in [2.05, 4.69) is 24.5 Å². The molecule has 18 unspecified atom stereocenters. The van der Waals surface area contributed by atoms with Gasteiger partial charge in [-0.05, 0) is 12.8 Å². The number of aliphatic hydroxyl groups is 11. The lowest BCUT2D eigenvalue weighted by atomic mass is 9.88. The molecule has 23 heteroatoms. The fourth-order valence-electron chi connectivity index (χ4n) is 11.1. The zero-order chi connectivity index (χ0) is 59.7. The molecule has 3 rings (SSSR count). The van der Waals surface area contributed by atoms with Gasteiger partial charge < -0.3 is 100 Å². The maximum atomic E-state index is 13.4. The number of nitrogens with one attached hydrogen (secondary N) is 2. The summed E-state index contributed by atoms with van der Waals surface area (Å²) < 4.78 is 34.7. The van der Waals surface area contributed by atoms with Gasteiger partial charge in [0.1, 0.15) is 67.1 Å². The quantitative estimate of drug-likeness (QED) is 0.0390. The van der Waals surface area contributed by atoms with Crippen LogP contribution in [0.5, 0.6) is 0 Å². The van der Waals surface area contributed by atoms with Gasteiger partial charge in [-0.25, -0.2) is 4.79 Å². The number of carboxylic acid groups (broad SMARTS) is 1. The van der Waals surface area contributed by atoms with Crippen LogP contribution in [0, 0.1) is 0 Å². The number of hydrogen-bond acceptors (Lipinski definition) is 20. The Kier molecular flexibility index (Phi) is 36.9. The van der Waals surface area contributed by atoms with E-state index in [9.17, 15) is 75.7 Å². The molecule has 3 aliphatic heterocycles. The molecule has 3 heterocycles. The van der Waals surface area contributed by atoms with Gasteiger partial charge in [-0.3, -0.25) is 9.59 Å². The fourth-order valence-corrected chi connectivity index (χ4v) is 11.1. The third kappa shape index (κ3) is 25.3. The third-order valence-electron chi connectivity index (χ3n) is 16.1. The third-order valence-corrected chi connectivity index (χ3v) is 16.1. The number of rotatable bonds is 45. The van der Waals surface area contributed by atoms with E-state index in [4.69, 9.17) is 28.4 Å². The first-order valence-corrected chi connectivity index (χ1v) is 30.9. The van der Waals surface area contributed by atoms with Gasteiger partial charge in [-0.15, -0.1) is 0 Å². The summed E-state index contributed by atoms with van der Waals surface area (Å²) in [5, 5.41) is 136. The molecule has 0 aromatic heterocycles. The summed E-state index contributed by atoms with van der Waals surface area (Å²) in [6.07, 6.45) is 2.70. The molecule has 476 valence electrons. The summed E-state index contributed by atoms with van der Waals surface area (Å²) in [5.74, 6) is -6.10. The molecular weight excluding hydrogens is 1060 g/mol. The molecule has 0 radical (unpaired) electrons. The topological polar surface area (TPSA) is 373 Å². The highest BCUT2D eigenvalue weighted by Gasteiger charge is 2.60. The summed E-state index contributed by atoms with van der Waals surface area (Å²) >= 11 is 0. The van der Waals surface area contributed by atoms with E-state index in [0.717, 1.165) is 58.3 Å². The van der Waals surface area contributed by atoms with E-state index >= 15 is 0 Å². The smallest absolute Gasteiger partial charge is 0.364 e. The Morgan fingerprint density at radius 2 is 1.07 bits per heavy atom. The van der Waals surface area contributed by atoms with Gasteiger partial charge in [0.05, 0.1) is 50.7 Å². The van der Waals surface area contributed by atoms with Gasteiger partial charge in [-0.1, -0.05) is 181 Å². The number of carbonyl (C=O) groups excluding carboxylic acids is 2.